The normalized spacial score (nSPS) is 11.3. The highest BCUT2D eigenvalue weighted by Gasteiger charge is 2.25. The van der Waals surface area contributed by atoms with Crippen molar-refractivity contribution in [1.29, 1.82) is 0 Å². The van der Waals surface area contributed by atoms with E-state index in [1.54, 1.807) is 18.2 Å². The van der Waals surface area contributed by atoms with Crippen molar-refractivity contribution in [3.05, 3.63) is 47.5 Å². The Morgan fingerprint density at radius 1 is 1.08 bits per heavy atom. The number of carbonyl (C=O) groups excluding carboxylic acids is 1. The highest BCUT2D eigenvalue weighted by Crippen LogP contribution is 2.41. The van der Waals surface area contributed by atoms with Gasteiger partial charge in [-0.15, -0.1) is 0 Å². The molecule has 0 spiro atoms. The fourth-order valence-electron chi connectivity index (χ4n) is 2.66. The smallest absolute Gasteiger partial charge is 0.342 e. The summed E-state index contributed by atoms with van der Waals surface area (Å²) >= 11 is 0. The van der Waals surface area contributed by atoms with Gasteiger partial charge in [-0.05, 0) is 42.8 Å². The summed E-state index contributed by atoms with van der Waals surface area (Å²) in [5.74, 6) is -1.28. The van der Waals surface area contributed by atoms with Crippen LogP contribution in [0, 0.1) is 0 Å². The molecule has 3 rings (SSSR count). The molecule has 0 radical (unpaired) electrons. The second kappa shape index (κ2) is 6.24. The van der Waals surface area contributed by atoms with E-state index in [0.29, 0.717) is 16.5 Å². The summed E-state index contributed by atoms with van der Waals surface area (Å²) in [6.45, 7) is 1.84. The molecule has 6 heteroatoms. The van der Waals surface area contributed by atoms with Crippen LogP contribution in [0.4, 0.5) is 0 Å². The maximum atomic E-state index is 12.3. The lowest BCUT2D eigenvalue weighted by atomic mass is 10.0. The number of methoxy groups -OCH3 is 1. The van der Waals surface area contributed by atoms with Crippen LogP contribution >= 0.6 is 0 Å². The number of phenols is 3. The number of benzene rings is 2. The zero-order valence-corrected chi connectivity index (χ0v) is 13.6. The third-order valence-electron chi connectivity index (χ3n) is 3.78. The minimum Gasteiger partial charge on any atom is -0.504 e. The quantitative estimate of drug-likeness (QED) is 0.491. The Kier molecular flexibility index (Phi) is 4.10. The molecule has 0 aliphatic carbocycles. The Balaban J connectivity index is 2.36. The van der Waals surface area contributed by atoms with Crippen molar-refractivity contribution in [3.63, 3.8) is 0 Å². The van der Waals surface area contributed by atoms with E-state index in [1.165, 1.54) is 31.4 Å². The first-order chi connectivity index (χ1) is 12.0. The van der Waals surface area contributed by atoms with E-state index in [-0.39, 0.29) is 34.2 Å². The number of esters is 1. The molecule has 128 valence electrons. The van der Waals surface area contributed by atoms with Crippen LogP contribution in [0.25, 0.3) is 28.4 Å². The number of fused-ring (bicyclic) bond motifs is 1. The molecule has 0 fully saturated rings. The first-order valence-electron chi connectivity index (χ1n) is 7.49. The van der Waals surface area contributed by atoms with Crippen LogP contribution in [0.5, 0.6) is 17.2 Å². The van der Waals surface area contributed by atoms with Crippen molar-refractivity contribution in [2.45, 2.75) is 6.92 Å². The summed E-state index contributed by atoms with van der Waals surface area (Å²) in [7, 11) is 1.24. The molecule has 25 heavy (non-hydrogen) atoms. The molecule has 1 aromatic heterocycles. The highest BCUT2D eigenvalue weighted by molar-refractivity contribution is 6.10. The van der Waals surface area contributed by atoms with Gasteiger partial charge in [-0.25, -0.2) is 4.79 Å². The Hall–Kier alpha value is -3.41. The van der Waals surface area contributed by atoms with Gasteiger partial charge in [0.15, 0.2) is 22.8 Å². The average Bonchev–Trinajstić information content (AvgIpc) is 2.97. The number of hydrogen-bond acceptors (Lipinski definition) is 6. The predicted molar refractivity (Wildman–Crippen MR) is 92.7 cm³/mol. The molecule has 1 heterocycles. The molecule has 0 bridgehead atoms. The number of aromatic hydroxyl groups is 3. The summed E-state index contributed by atoms with van der Waals surface area (Å²) in [4.78, 5) is 12.3. The van der Waals surface area contributed by atoms with Gasteiger partial charge < -0.3 is 24.5 Å². The minimum absolute atomic E-state index is 0.120. The van der Waals surface area contributed by atoms with Crippen molar-refractivity contribution < 1.29 is 29.3 Å². The van der Waals surface area contributed by atoms with Gasteiger partial charge >= 0.3 is 5.97 Å². The lowest BCUT2D eigenvalue weighted by molar-refractivity contribution is 0.0603. The van der Waals surface area contributed by atoms with Crippen molar-refractivity contribution in [2.24, 2.45) is 0 Å². The van der Waals surface area contributed by atoms with Crippen molar-refractivity contribution in [3.8, 4) is 28.6 Å². The SMILES string of the molecule is C/C=C/c1cc(O)c2oc(-c3ccc(O)c(O)c3)c(C(=O)OC)c2c1. The van der Waals surface area contributed by atoms with E-state index in [2.05, 4.69) is 0 Å². The van der Waals surface area contributed by atoms with Gasteiger partial charge in [0.25, 0.3) is 0 Å². The maximum absolute atomic E-state index is 12.3. The van der Waals surface area contributed by atoms with Crippen molar-refractivity contribution in [2.75, 3.05) is 7.11 Å². The third kappa shape index (κ3) is 2.78. The number of carbonyl (C=O) groups is 1. The van der Waals surface area contributed by atoms with Gasteiger partial charge in [0.05, 0.1) is 7.11 Å². The van der Waals surface area contributed by atoms with Gasteiger partial charge in [-0.2, -0.15) is 0 Å². The molecule has 6 nitrogen and oxygen atoms in total. The molecular formula is C19H16O6. The van der Waals surface area contributed by atoms with E-state index in [4.69, 9.17) is 9.15 Å². The van der Waals surface area contributed by atoms with E-state index < -0.39 is 5.97 Å². The molecule has 0 amide bonds. The average molecular weight is 340 g/mol. The van der Waals surface area contributed by atoms with Gasteiger partial charge in [-0.3, -0.25) is 0 Å². The molecule has 2 aromatic carbocycles. The number of ether oxygens (including phenoxy) is 1. The monoisotopic (exact) mass is 340 g/mol. The van der Waals surface area contributed by atoms with Crippen LogP contribution in [-0.2, 0) is 4.74 Å². The number of rotatable bonds is 3. The van der Waals surface area contributed by atoms with E-state index >= 15 is 0 Å². The molecule has 0 unspecified atom stereocenters. The van der Waals surface area contributed by atoms with Crippen LogP contribution in [0.1, 0.15) is 22.8 Å². The number of allylic oxidation sites excluding steroid dienone is 1. The zero-order valence-electron chi connectivity index (χ0n) is 13.6. The van der Waals surface area contributed by atoms with Gasteiger partial charge in [0.1, 0.15) is 11.3 Å². The topological polar surface area (TPSA) is 100 Å². The maximum Gasteiger partial charge on any atom is 0.342 e. The van der Waals surface area contributed by atoms with Crippen LogP contribution in [-0.4, -0.2) is 28.4 Å². The molecule has 0 saturated heterocycles. The molecule has 0 aliphatic rings. The Bertz CT molecular complexity index is 997. The Morgan fingerprint density at radius 3 is 2.48 bits per heavy atom. The summed E-state index contributed by atoms with van der Waals surface area (Å²) < 4.78 is 10.5. The standard InChI is InChI=1S/C19H16O6/c1-3-4-10-7-12-16(19(23)24-2)17(25-18(12)15(22)8-10)11-5-6-13(20)14(21)9-11/h3-9,20-22H,1-2H3/b4-3+. The summed E-state index contributed by atoms with van der Waals surface area (Å²) in [5.41, 5.74) is 1.32. The molecule has 3 aromatic rings. The molecular weight excluding hydrogens is 324 g/mol. The second-order valence-corrected chi connectivity index (χ2v) is 5.42. The summed E-state index contributed by atoms with van der Waals surface area (Å²) in [5, 5.41) is 29.8. The van der Waals surface area contributed by atoms with Gasteiger partial charge in [0.2, 0.25) is 0 Å². The van der Waals surface area contributed by atoms with Gasteiger partial charge in [0, 0.05) is 10.9 Å². The zero-order chi connectivity index (χ0) is 18.1. The Morgan fingerprint density at radius 2 is 1.84 bits per heavy atom. The van der Waals surface area contributed by atoms with Crippen molar-refractivity contribution >= 4 is 23.0 Å². The lowest BCUT2D eigenvalue weighted by Crippen LogP contribution is -2.02. The van der Waals surface area contributed by atoms with Crippen LogP contribution < -0.4 is 0 Å². The first-order valence-corrected chi connectivity index (χ1v) is 7.49. The summed E-state index contributed by atoms with van der Waals surface area (Å²) in [6, 6.07) is 7.26. The predicted octanol–water partition coefficient (Wildman–Crippen LogP) is 4.04. The van der Waals surface area contributed by atoms with E-state index in [9.17, 15) is 20.1 Å². The number of hydrogen-bond donors (Lipinski definition) is 3. The fraction of sp³-hybridized carbons (Fsp3) is 0.105. The van der Waals surface area contributed by atoms with Crippen LogP contribution in [0.3, 0.4) is 0 Å². The van der Waals surface area contributed by atoms with E-state index in [0.717, 1.165) is 0 Å². The number of furan rings is 1. The third-order valence-corrected chi connectivity index (χ3v) is 3.78. The summed E-state index contributed by atoms with van der Waals surface area (Å²) in [6.07, 6.45) is 3.58. The lowest BCUT2D eigenvalue weighted by Gasteiger charge is -2.03. The van der Waals surface area contributed by atoms with Gasteiger partial charge in [-0.1, -0.05) is 12.2 Å². The molecule has 3 N–H and O–H groups in total. The van der Waals surface area contributed by atoms with E-state index in [1.807, 2.05) is 6.92 Å². The molecule has 0 saturated carbocycles. The second-order valence-electron chi connectivity index (χ2n) is 5.42. The largest absolute Gasteiger partial charge is 0.504 e. The molecule has 0 aliphatic heterocycles. The van der Waals surface area contributed by atoms with Crippen LogP contribution in [0.2, 0.25) is 0 Å². The Labute approximate surface area is 143 Å². The number of phenolic OH excluding ortho intramolecular Hbond substituents is 3. The van der Waals surface area contributed by atoms with Crippen molar-refractivity contribution in [1.82, 2.24) is 0 Å². The first kappa shape index (κ1) is 16.4. The highest BCUT2D eigenvalue weighted by atomic mass is 16.5. The molecule has 0 atom stereocenters. The fourth-order valence-corrected chi connectivity index (χ4v) is 2.66. The van der Waals surface area contributed by atoms with Crippen LogP contribution in [0.15, 0.2) is 40.8 Å². The minimum atomic E-state index is -0.640.